The van der Waals surface area contributed by atoms with E-state index in [4.69, 9.17) is 16.7 Å². The summed E-state index contributed by atoms with van der Waals surface area (Å²) in [6, 6.07) is 4.12. The van der Waals surface area contributed by atoms with Crippen molar-refractivity contribution in [2.75, 3.05) is 12.9 Å². The zero-order valence-corrected chi connectivity index (χ0v) is 14.0. The van der Waals surface area contributed by atoms with Crippen LogP contribution in [0.1, 0.15) is 36.0 Å². The van der Waals surface area contributed by atoms with Crippen LogP contribution in [0.2, 0.25) is 5.02 Å². The molecule has 1 saturated carbocycles. The third-order valence-electron chi connectivity index (χ3n) is 4.09. The Bertz CT molecular complexity index is 660. The SMILES string of the molecule is CS(=O)(=O)c1ccc(Cl)c(C(=O)N[C@@H]2CCC[C@H]2CCO)c1. The van der Waals surface area contributed by atoms with E-state index in [1.54, 1.807) is 0 Å². The first kappa shape index (κ1) is 17.2. The van der Waals surface area contributed by atoms with E-state index in [0.717, 1.165) is 25.5 Å². The Morgan fingerprint density at radius 2 is 2.14 bits per heavy atom. The quantitative estimate of drug-likeness (QED) is 0.855. The Balaban J connectivity index is 2.19. The summed E-state index contributed by atoms with van der Waals surface area (Å²) in [5.74, 6) is -0.115. The largest absolute Gasteiger partial charge is 0.396 e. The van der Waals surface area contributed by atoms with Crippen LogP contribution >= 0.6 is 11.6 Å². The Kier molecular flexibility index (Phi) is 5.47. The van der Waals surface area contributed by atoms with Crippen molar-refractivity contribution in [1.82, 2.24) is 5.32 Å². The number of benzene rings is 1. The molecule has 122 valence electrons. The summed E-state index contributed by atoms with van der Waals surface area (Å²) in [4.78, 5) is 12.5. The van der Waals surface area contributed by atoms with Crippen LogP contribution in [0.5, 0.6) is 0 Å². The van der Waals surface area contributed by atoms with Crippen molar-refractivity contribution in [3.8, 4) is 0 Å². The molecular formula is C15H20ClNO4S. The highest BCUT2D eigenvalue weighted by Gasteiger charge is 2.29. The van der Waals surface area contributed by atoms with Gasteiger partial charge in [0.2, 0.25) is 0 Å². The molecule has 1 aliphatic rings. The van der Waals surface area contributed by atoms with Crippen LogP contribution in [0.25, 0.3) is 0 Å². The van der Waals surface area contributed by atoms with Crippen LogP contribution in [0.3, 0.4) is 0 Å². The second-order valence-corrected chi connectivity index (χ2v) is 8.12. The minimum atomic E-state index is -3.39. The minimum Gasteiger partial charge on any atom is -0.396 e. The molecular weight excluding hydrogens is 326 g/mol. The summed E-state index contributed by atoms with van der Waals surface area (Å²) in [6.07, 6.45) is 4.59. The van der Waals surface area contributed by atoms with Crippen LogP contribution in [0, 0.1) is 5.92 Å². The lowest BCUT2D eigenvalue weighted by molar-refractivity contribution is 0.0923. The van der Waals surface area contributed by atoms with E-state index in [1.165, 1.54) is 18.2 Å². The molecule has 2 N–H and O–H groups in total. The van der Waals surface area contributed by atoms with Gasteiger partial charge in [-0.3, -0.25) is 4.79 Å². The maximum absolute atomic E-state index is 12.4. The first-order valence-electron chi connectivity index (χ1n) is 7.24. The van der Waals surface area contributed by atoms with Gasteiger partial charge in [0.1, 0.15) is 0 Å². The van der Waals surface area contributed by atoms with E-state index in [9.17, 15) is 13.2 Å². The zero-order valence-electron chi connectivity index (χ0n) is 12.4. The number of aliphatic hydroxyl groups is 1. The molecule has 1 aliphatic carbocycles. The smallest absolute Gasteiger partial charge is 0.253 e. The highest BCUT2D eigenvalue weighted by molar-refractivity contribution is 7.90. The highest BCUT2D eigenvalue weighted by Crippen LogP contribution is 2.29. The number of amides is 1. The molecule has 2 atom stereocenters. The molecule has 0 aliphatic heterocycles. The maximum atomic E-state index is 12.4. The number of rotatable bonds is 5. The van der Waals surface area contributed by atoms with E-state index in [2.05, 4.69) is 5.32 Å². The van der Waals surface area contributed by atoms with E-state index >= 15 is 0 Å². The van der Waals surface area contributed by atoms with Gasteiger partial charge < -0.3 is 10.4 Å². The van der Waals surface area contributed by atoms with Gasteiger partial charge in [-0.05, 0) is 43.4 Å². The third kappa shape index (κ3) is 4.00. The lowest BCUT2D eigenvalue weighted by Crippen LogP contribution is -2.37. The predicted molar refractivity (Wildman–Crippen MR) is 84.9 cm³/mol. The van der Waals surface area contributed by atoms with Crippen LogP contribution in [0.4, 0.5) is 0 Å². The van der Waals surface area contributed by atoms with Crippen LogP contribution in [-0.2, 0) is 9.84 Å². The minimum absolute atomic E-state index is 0.00222. The topological polar surface area (TPSA) is 83.5 Å². The Morgan fingerprint density at radius 3 is 2.77 bits per heavy atom. The first-order valence-corrected chi connectivity index (χ1v) is 9.51. The number of hydrogen-bond acceptors (Lipinski definition) is 4. The van der Waals surface area contributed by atoms with E-state index < -0.39 is 9.84 Å². The maximum Gasteiger partial charge on any atom is 0.253 e. The average Bonchev–Trinajstić information content (AvgIpc) is 2.85. The average molecular weight is 346 g/mol. The van der Waals surface area contributed by atoms with Crippen molar-refractivity contribution in [3.63, 3.8) is 0 Å². The molecule has 1 amide bonds. The number of aliphatic hydroxyl groups excluding tert-OH is 1. The van der Waals surface area contributed by atoms with Gasteiger partial charge in [0.25, 0.3) is 5.91 Å². The summed E-state index contributed by atoms with van der Waals surface area (Å²) in [5, 5.41) is 12.2. The number of carbonyl (C=O) groups excluding carboxylic acids is 1. The molecule has 0 spiro atoms. The molecule has 0 saturated heterocycles. The van der Waals surface area contributed by atoms with Gasteiger partial charge in [-0.15, -0.1) is 0 Å². The molecule has 22 heavy (non-hydrogen) atoms. The summed E-state index contributed by atoms with van der Waals surface area (Å²) >= 11 is 6.03. The van der Waals surface area contributed by atoms with Crippen molar-refractivity contribution in [2.45, 2.75) is 36.6 Å². The Labute approximate surface area is 135 Å². The fourth-order valence-corrected chi connectivity index (χ4v) is 3.74. The second kappa shape index (κ2) is 6.98. The summed E-state index contributed by atoms with van der Waals surface area (Å²) in [5.41, 5.74) is 0.166. The molecule has 0 unspecified atom stereocenters. The molecule has 0 heterocycles. The third-order valence-corrected chi connectivity index (χ3v) is 5.53. The number of sulfone groups is 1. The van der Waals surface area contributed by atoms with Gasteiger partial charge in [0.15, 0.2) is 9.84 Å². The van der Waals surface area contributed by atoms with Gasteiger partial charge in [-0.1, -0.05) is 18.0 Å². The van der Waals surface area contributed by atoms with Gasteiger partial charge in [-0.2, -0.15) is 0 Å². The standard InChI is InChI=1S/C15H20ClNO4S/c1-22(20,21)11-5-6-13(16)12(9-11)15(19)17-14-4-2-3-10(14)7-8-18/h5-6,9-10,14,18H,2-4,7-8H2,1H3,(H,17,19)/t10-,14+/m0/s1. The number of carbonyl (C=O) groups is 1. The van der Waals surface area contributed by atoms with Crippen LogP contribution in [-0.4, -0.2) is 38.3 Å². The molecule has 0 aromatic heterocycles. The van der Waals surface area contributed by atoms with Gasteiger partial charge in [0.05, 0.1) is 15.5 Å². The van der Waals surface area contributed by atoms with Crippen molar-refractivity contribution in [1.29, 1.82) is 0 Å². The lowest BCUT2D eigenvalue weighted by atomic mass is 9.99. The van der Waals surface area contributed by atoms with Crippen molar-refractivity contribution in [3.05, 3.63) is 28.8 Å². The predicted octanol–water partition coefficient (Wildman–Crippen LogP) is 2.02. The number of halogens is 1. The lowest BCUT2D eigenvalue weighted by Gasteiger charge is -2.20. The number of nitrogens with one attached hydrogen (secondary N) is 1. The van der Waals surface area contributed by atoms with Crippen molar-refractivity contribution < 1.29 is 18.3 Å². The zero-order chi connectivity index (χ0) is 16.3. The summed E-state index contributed by atoms with van der Waals surface area (Å²) < 4.78 is 23.2. The first-order chi connectivity index (χ1) is 10.3. The molecule has 5 nitrogen and oxygen atoms in total. The van der Waals surface area contributed by atoms with Crippen molar-refractivity contribution >= 4 is 27.3 Å². The number of hydrogen-bond donors (Lipinski definition) is 2. The fourth-order valence-electron chi connectivity index (χ4n) is 2.89. The molecule has 0 bridgehead atoms. The molecule has 2 rings (SSSR count). The van der Waals surface area contributed by atoms with Gasteiger partial charge in [-0.25, -0.2) is 8.42 Å². The van der Waals surface area contributed by atoms with Crippen LogP contribution < -0.4 is 5.32 Å². The Morgan fingerprint density at radius 1 is 1.41 bits per heavy atom. The fraction of sp³-hybridized carbons (Fsp3) is 0.533. The van der Waals surface area contributed by atoms with E-state index in [-0.39, 0.29) is 40.0 Å². The molecule has 0 radical (unpaired) electrons. The van der Waals surface area contributed by atoms with Gasteiger partial charge >= 0.3 is 0 Å². The highest BCUT2D eigenvalue weighted by atomic mass is 35.5. The van der Waals surface area contributed by atoms with Crippen molar-refractivity contribution in [2.24, 2.45) is 5.92 Å². The normalized spacial score (nSPS) is 21.8. The Hall–Kier alpha value is -1.11. The molecule has 7 heteroatoms. The summed E-state index contributed by atoms with van der Waals surface area (Å²) in [6.45, 7) is 0.0986. The van der Waals surface area contributed by atoms with Crippen LogP contribution in [0.15, 0.2) is 23.1 Å². The summed E-state index contributed by atoms with van der Waals surface area (Å²) in [7, 11) is -3.39. The second-order valence-electron chi connectivity index (χ2n) is 5.70. The van der Waals surface area contributed by atoms with Gasteiger partial charge in [0, 0.05) is 18.9 Å². The van der Waals surface area contributed by atoms with E-state index in [0.29, 0.717) is 6.42 Å². The molecule has 1 fully saturated rings. The molecule has 1 aromatic rings. The monoisotopic (exact) mass is 345 g/mol. The van der Waals surface area contributed by atoms with E-state index in [1.807, 2.05) is 0 Å². The molecule has 1 aromatic carbocycles.